The van der Waals surface area contributed by atoms with Gasteiger partial charge in [0.2, 0.25) is 0 Å². The highest BCUT2D eigenvalue weighted by Gasteiger charge is 2.20. The summed E-state index contributed by atoms with van der Waals surface area (Å²) < 4.78 is 6.07. The number of pyridine rings is 1. The van der Waals surface area contributed by atoms with Gasteiger partial charge in [0, 0.05) is 17.3 Å². The Morgan fingerprint density at radius 1 is 1.05 bits per heavy atom. The van der Waals surface area contributed by atoms with Gasteiger partial charge in [-0.2, -0.15) is 0 Å². The van der Waals surface area contributed by atoms with Gasteiger partial charge in [0.1, 0.15) is 11.5 Å². The van der Waals surface area contributed by atoms with Gasteiger partial charge in [-0.25, -0.2) is 0 Å². The first-order valence-corrected chi connectivity index (χ1v) is 8.36. The van der Waals surface area contributed by atoms with Gasteiger partial charge in [0.25, 0.3) is 5.56 Å². The second-order valence-corrected chi connectivity index (χ2v) is 6.44. The highest BCUT2D eigenvalue weighted by Crippen LogP contribution is 2.30. The molecule has 0 amide bonds. The van der Waals surface area contributed by atoms with Crippen molar-refractivity contribution in [2.24, 2.45) is 0 Å². The zero-order chi connectivity index (χ0) is 14.9. The number of likely N-dealkylation sites (tertiary alicyclic amines) is 1. The minimum absolute atomic E-state index is 0.0716. The van der Waals surface area contributed by atoms with Crippen molar-refractivity contribution in [3.8, 4) is 11.3 Å². The summed E-state index contributed by atoms with van der Waals surface area (Å²) in [5, 5.41) is 0. The lowest BCUT2D eigenvalue weighted by Gasteiger charge is -2.17. The topological polar surface area (TPSA) is 49.2 Å². The monoisotopic (exact) mass is 298 g/mol. The molecule has 0 bridgehead atoms. The van der Waals surface area contributed by atoms with Gasteiger partial charge in [-0.05, 0) is 69.3 Å². The molecule has 0 aromatic carbocycles. The van der Waals surface area contributed by atoms with E-state index in [4.69, 9.17) is 4.42 Å². The molecule has 0 unspecified atom stereocenters. The van der Waals surface area contributed by atoms with Crippen LogP contribution in [0.15, 0.2) is 27.5 Å². The molecule has 4 rings (SSSR count). The van der Waals surface area contributed by atoms with E-state index >= 15 is 0 Å². The number of aromatic nitrogens is 1. The Kier molecular flexibility index (Phi) is 3.62. The molecule has 0 radical (unpaired) electrons. The Labute approximate surface area is 130 Å². The lowest BCUT2D eigenvalue weighted by molar-refractivity contribution is 0.299. The van der Waals surface area contributed by atoms with Crippen LogP contribution in [0.2, 0.25) is 0 Å². The summed E-state index contributed by atoms with van der Waals surface area (Å²) >= 11 is 0. The van der Waals surface area contributed by atoms with Crippen molar-refractivity contribution in [1.82, 2.24) is 9.88 Å². The van der Waals surface area contributed by atoms with Gasteiger partial charge in [-0.15, -0.1) is 0 Å². The average Bonchev–Trinajstić information content (AvgIpc) is 3.21. The predicted octanol–water partition coefficient (Wildman–Crippen LogP) is 3.11. The van der Waals surface area contributed by atoms with Crippen molar-refractivity contribution >= 4 is 0 Å². The molecule has 1 aliphatic carbocycles. The second-order valence-electron chi connectivity index (χ2n) is 6.44. The maximum absolute atomic E-state index is 12.0. The molecule has 0 saturated carbocycles. The maximum Gasteiger partial charge on any atom is 0.251 e. The van der Waals surface area contributed by atoms with Crippen molar-refractivity contribution in [2.45, 2.75) is 45.1 Å². The van der Waals surface area contributed by atoms with E-state index in [2.05, 4.69) is 16.0 Å². The van der Waals surface area contributed by atoms with Gasteiger partial charge in [-0.1, -0.05) is 0 Å². The molecule has 2 aromatic heterocycles. The SMILES string of the molecule is O=c1[nH]cc(-c2ccc(CN3CCCC3)o2)c2c1CCCC2. The summed E-state index contributed by atoms with van der Waals surface area (Å²) in [6, 6.07) is 4.13. The molecule has 0 atom stereocenters. The third kappa shape index (κ3) is 2.52. The molecule has 0 spiro atoms. The van der Waals surface area contributed by atoms with Gasteiger partial charge in [0.05, 0.1) is 6.54 Å². The minimum Gasteiger partial charge on any atom is -0.460 e. The molecule has 4 nitrogen and oxygen atoms in total. The Morgan fingerprint density at radius 3 is 2.64 bits per heavy atom. The van der Waals surface area contributed by atoms with E-state index in [1.807, 2.05) is 12.3 Å². The quantitative estimate of drug-likeness (QED) is 0.947. The van der Waals surface area contributed by atoms with Crippen molar-refractivity contribution in [3.63, 3.8) is 0 Å². The molecule has 4 heteroatoms. The first kappa shape index (κ1) is 13.8. The van der Waals surface area contributed by atoms with Crippen LogP contribution < -0.4 is 5.56 Å². The molecule has 1 saturated heterocycles. The van der Waals surface area contributed by atoms with Gasteiger partial charge in [0.15, 0.2) is 0 Å². The van der Waals surface area contributed by atoms with E-state index in [9.17, 15) is 4.79 Å². The van der Waals surface area contributed by atoms with E-state index in [0.717, 1.165) is 54.9 Å². The molecule has 22 heavy (non-hydrogen) atoms. The third-order valence-corrected chi connectivity index (χ3v) is 4.92. The third-order valence-electron chi connectivity index (χ3n) is 4.92. The normalized spacial score (nSPS) is 18.5. The Bertz CT molecular complexity index is 723. The number of hydrogen-bond acceptors (Lipinski definition) is 3. The predicted molar refractivity (Wildman–Crippen MR) is 85.9 cm³/mol. The van der Waals surface area contributed by atoms with Crippen LogP contribution >= 0.6 is 0 Å². The van der Waals surface area contributed by atoms with Crippen molar-refractivity contribution in [3.05, 3.63) is 45.6 Å². The fourth-order valence-electron chi connectivity index (χ4n) is 3.75. The number of nitrogens with one attached hydrogen (secondary N) is 1. The summed E-state index contributed by atoms with van der Waals surface area (Å²) in [5.74, 6) is 1.91. The Morgan fingerprint density at radius 2 is 1.82 bits per heavy atom. The van der Waals surface area contributed by atoms with Crippen LogP contribution in [0.5, 0.6) is 0 Å². The first-order valence-electron chi connectivity index (χ1n) is 8.36. The van der Waals surface area contributed by atoms with E-state index in [1.54, 1.807) is 0 Å². The molecule has 2 aromatic rings. The highest BCUT2D eigenvalue weighted by molar-refractivity contribution is 5.63. The number of furan rings is 1. The number of H-pyrrole nitrogens is 1. The zero-order valence-corrected chi connectivity index (χ0v) is 12.9. The number of aromatic amines is 1. The van der Waals surface area contributed by atoms with E-state index in [0.29, 0.717) is 0 Å². The summed E-state index contributed by atoms with van der Waals surface area (Å²) in [4.78, 5) is 17.3. The largest absolute Gasteiger partial charge is 0.460 e. The van der Waals surface area contributed by atoms with Crippen LogP contribution in [0.3, 0.4) is 0 Å². The average molecular weight is 298 g/mol. The number of nitrogens with zero attached hydrogens (tertiary/aromatic N) is 1. The van der Waals surface area contributed by atoms with Crippen LogP contribution in [0.1, 0.15) is 42.6 Å². The fourth-order valence-corrected chi connectivity index (χ4v) is 3.75. The molecule has 1 N–H and O–H groups in total. The Hall–Kier alpha value is -1.81. The van der Waals surface area contributed by atoms with Crippen molar-refractivity contribution in [1.29, 1.82) is 0 Å². The molecule has 2 aliphatic rings. The van der Waals surface area contributed by atoms with Gasteiger partial charge in [-0.3, -0.25) is 9.69 Å². The Balaban J connectivity index is 1.64. The van der Waals surface area contributed by atoms with Gasteiger partial charge < -0.3 is 9.40 Å². The smallest absolute Gasteiger partial charge is 0.251 e. The summed E-state index contributed by atoms with van der Waals surface area (Å²) in [7, 11) is 0. The molecule has 1 fully saturated rings. The molecular weight excluding hydrogens is 276 g/mol. The standard InChI is InChI=1S/C18H22N2O2/c21-18-15-6-2-1-5-14(15)16(11-19-18)17-8-7-13(22-17)12-20-9-3-4-10-20/h7-8,11H,1-6,9-10,12H2,(H,19,21). The molecule has 116 valence electrons. The lowest BCUT2D eigenvalue weighted by Crippen LogP contribution is -2.19. The maximum atomic E-state index is 12.0. The van der Waals surface area contributed by atoms with Crippen LogP contribution in [-0.4, -0.2) is 23.0 Å². The number of fused-ring (bicyclic) bond motifs is 1. The zero-order valence-electron chi connectivity index (χ0n) is 12.9. The van der Waals surface area contributed by atoms with Crippen LogP contribution in [0.25, 0.3) is 11.3 Å². The van der Waals surface area contributed by atoms with Crippen LogP contribution in [0.4, 0.5) is 0 Å². The van der Waals surface area contributed by atoms with Crippen LogP contribution in [-0.2, 0) is 19.4 Å². The van der Waals surface area contributed by atoms with Crippen LogP contribution in [0, 0.1) is 0 Å². The summed E-state index contributed by atoms with van der Waals surface area (Å²) in [6.07, 6.45) is 8.55. The van der Waals surface area contributed by atoms with E-state index in [-0.39, 0.29) is 5.56 Å². The highest BCUT2D eigenvalue weighted by atomic mass is 16.3. The first-order chi connectivity index (χ1) is 10.8. The summed E-state index contributed by atoms with van der Waals surface area (Å²) in [5.41, 5.74) is 3.29. The van der Waals surface area contributed by atoms with Crippen molar-refractivity contribution < 1.29 is 4.42 Å². The minimum atomic E-state index is 0.0716. The molecular formula is C18H22N2O2. The molecule has 3 heterocycles. The van der Waals surface area contributed by atoms with E-state index in [1.165, 1.54) is 31.5 Å². The number of rotatable bonds is 3. The second kappa shape index (κ2) is 5.76. The fraction of sp³-hybridized carbons (Fsp3) is 0.500. The summed E-state index contributed by atoms with van der Waals surface area (Å²) in [6.45, 7) is 3.24. The van der Waals surface area contributed by atoms with E-state index < -0.39 is 0 Å². The number of hydrogen-bond donors (Lipinski definition) is 1. The van der Waals surface area contributed by atoms with Gasteiger partial charge >= 0.3 is 0 Å². The van der Waals surface area contributed by atoms with Crippen molar-refractivity contribution in [2.75, 3.05) is 13.1 Å². The molecule has 1 aliphatic heterocycles. The lowest BCUT2D eigenvalue weighted by atomic mass is 9.89.